The Morgan fingerprint density at radius 3 is 2.33 bits per heavy atom. The van der Waals surface area contributed by atoms with E-state index in [1.165, 1.54) is 0 Å². The molecule has 0 radical (unpaired) electrons. The van der Waals surface area contributed by atoms with Crippen LogP contribution in [-0.2, 0) is 9.36 Å². The van der Waals surface area contributed by atoms with Crippen molar-refractivity contribution in [2.75, 3.05) is 5.09 Å². The van der Waals surface area contributed by atoms with Gasteiger partial charge in [-0.2, -0.15) is 0 Å². The summed E-state index contributed by atoms with van der Waals surface area (Å²) in [5.74, 6) is -3.51. The average molecular weight is 424 g/mol. The predicted molar refractivity (Wildman–Crippen MR) is 104 cm³/mol. The summed E-state index contributed by atoms with van der Waals surface area (Å²) in [5, 5.41) is 3.64. The molecule has 0 bridgehead atoms. The Morgan fingerprint density at radius 2 is 1.83 bits per heavy atom. The third-order valence-electron chi connectivity index (χ3n) is 3.24. The van der Waals surface area contributed by atoms with E-state index < -0.39 is 11.2 Å². The number of nitrogens with one attached hydrogen (secondary N) is 1. The Bertz CT molecular complexity index is 850. The molecule has 0 aliphatic heterocycles. The number of hydrogen-bond donors (Lipinski definition) is 1. The van der Waals surface area contributed by atoms with Gasteiger partial charge in [-0.15, -0.1) is 11.3 Å². The zero-order valence-corrected chi connectivity index (χ0v) is 17.0. The number of nitrogens with zero attached hydrogens (tertiary/aromatic N) is 1. The zero-order valence-electron chi connectivity index (χ0n) is 13.1. The first kappa shape index (κ1) is 19.5. The van der Waals surface area contributed by atoms with Crippen molar-refractivity contribution in [1.29, 1.82) is 0 Å². The van der Waals surface area contributed by atoms with Crippen LogP contribution in [0.15, 0.2) is 17.5 Å². The standard InChI is InChI=1S/C15H14Cl3N2O2PS/c1-8-4-9(2)11(10(3)5-8)6-12(14(16)21)13-7-24-15(19-13)20-23(17,18)22/h4-7H,1-3H3,(H,19,20,22). The minimum absolute atomic E-state index is 0.245. The number of rotatable bonds is 5. The van der Waals surface area contributed by atoms with Crippen molar-refractivity contribution >= 4 is 73.4 Å². The van der Waals surface area contributed by atoms with Gasteiger partial charge in [-0.1, -0.05) is 17.7 Å². The number of aromatic nitrogens is 1. The molecule has 24 heavy (non-hydrogen) atoms. The SMILES string of the molecule is Cc1cc(C)c(C=C(C(=O)Cl)c2csc(NP(=O)(Cl)Cl)n2)c(C)c1. The summed E-state index contributed by atoms with van der Waals surface area (Å²) in [7, 11) is 0. The van der Waals surface area contributed by atoms with Crippen molar-refractivity contribution in [3.63, 3.8) is 0 Å². The molecule has 4 nitrogen and oxygen atoms in total. The third kappa shape index (κ3) is 5.08. The second-order valence-electron chi connectivity index (χ2n) is 5.26. The molecule has 9 heteroatoms. The van der Waals surface area contributed by atoms with E-state index in [1.807, 2.05) is 32.9 Å². The Hall–Kier alpha value is -0.840. The van der Waals surface area contributed by atoms with Crippen LogP contribution in [0.5, 0.6) is 0 Å². The fourth-order valence-corrected chi connectivity index (χ4v) is 4.71. The molecule has 0 atom stereocenters. The first-order valence-corrected chi connectivity index (χ1v) is 11.6. The Labute approximate surface area is 158 Å². The molecule has 1 N–H and O–H groups in total. The van der Waals surface area contributed by atoms with Gasteiger partial charge in [0, 0.05) is 5.38 Å². The van der Waals surface area contributed by atoms with Crippen molar-refractivity contribution in [2.24, 2.45) is 0 Å². The lowest BCUT2D eigenvalue weighted by atomic mass is 9.97. The molecule has 0 aliphatic carbocycles. The third-order valence-corrected chi connectivity index (χ3v) is 5.34. The summed E-state index contributed by atoms with van der Waals surface area (Å²) in [6.45, 7) is 5.94. The van der Waals surface area contributed by atoms with Crippen LogP contribution in [0.3, 0.4) is 0 Å². The molecule has 1 aromatic heterocycles. The van der Waals surface area contributed by atoms with Crippen LogP contribution in [0.2, 0.25) is 0 Å². The summed E-state index contributed by atoms with van der Waals surface area (Å²) in [6.07, 6.45) is 1.71. The van der Waals surface area contributed by atoms with Crippen LogP contribution in [0.1, 0.15) is 27.9 Å². The molecular weight excluding hydrogens is 410 g/mol. The minimum atomic E-state index is -3.51. The lowest BCUT2D eigenvalue weighted by Crippen LogP contribution is -1.97. The largest absolute Gasteiger partial charge is 0.345 e. The molecule has 0 unspecified atom stereocenters. The Kier molecular flexibility index (Phi) is 6.16. The number of anilines is 1. The van der Waals surface area contributed by atoms with Gasteiger partial charge in [0.05, 0.1) is 11.3 Å². The lowest BCUT2D eigenvalue weighted by Gasteiger charge is -2.08. The molecule has 0 fully saturated rings. The van der Waals surface area contributed by atoms with Crippen molar-refractivity contribution in [2.45, 2.75) is 20.8 Å². The Morgan fingerprint density at radius 1 is 1.25 bits per heavy atom. The smallest absolute Gasteiger partial charge is 0.288 e. The second kappa shape index (κ2) is 7.59. The van der Waals surface area contributed by atoms with E-state index in [9.17, 15) is 9.36 Å². The summed E-state index contributed by atoms with van der Waals surface area (Å²) in [4.78, 5) is 16.1. The molecule has 2 aromatic rings. The summed E-state index contributed by atoms with van der Waals surface area (Å²) >= 11 is 17.8. The van der Waals surface area contributed by atoms with Crippen LogP contribution in [0, 0.1) is 20.8 Å². The van der Waals surface area contributed by atoms with Crippen LogP contribution < -0.4 is 5.09 Å². The van der Waals surface area contributed by atoms with Crippen molar-refractivity contribution in [1.82, 2.24) is 4.98 Å². The van der Waals surface area contributed by atoms with Crippen LogP contribution >= 0.6 is 51.4 Å². The van der Waals surface area contributed by atoms with Gasteiger partial charge in [0.25, 0.3) is 5.24 Å². The fraction of sp³-hybridized carbons (Fsp3) is 0.200. The van der Waals surface area contributed by atoms with E-state index >= 15 is 0 Å². The number of thiazole rings is 1. The van der Waals surface area contributed by atoms with Gasteiger partial charge >= 0.3 is 6.00 Å². The highest BCUT2D eigenvalue weighted by molar-refractivity contribution is 8.09. The predicted octanol–water partition coefficient (Wildman–Crippen LogP) is 6.37. The fourth-order valence-electron chi connectivity index (χ4n) is 2.35. The molecule has 0 aliphatic rings. The molecule has 0 spiro atoms. The van der Waals surface area contributed by atoms with Crippen molar-refractivity contribution in [3.8, 4) is 0 Å². The van der Waals surface area contributed by atoms with Gasteiger partial charge in [0.2, 0.25) is 0 Å². The van der Waals surface area contributed by atoms with Gasteiger partial charge in [-0.3, -0.25) is 14.4 Å². The maximum atomic E-state index is 11.9. The van der Waals surface area contributed by atoms with Gasteiger partial charge in [-0.05, 0) is 77.6 Å². The monoisotopic (exact) mass is 422 g/mol. The maximum Gasteiger partial charge on any atom is 0.345 e. The first-order valence-electron chi connectivity index (χ1n) is 6.80. The molecule has 0 saturated carbocycles. The van der Waals surface area contributed by atoms with Crippen LogP contribution in [0.4, 0.5) is 5.13 Å². The molecule has 1 heterocycles. The van der Waals surface area contributed by atoms with Gasteiger partial charge < -0.3 is 0 Å². The highest BCUT2D eigenvalue weighted by atomic mass is 35.9. The van der Waals surface area contributed by atoms with Crippen molar-refractivity contribution < 1.29 is 9.36 Å². The van der Waals surface area contributed by atoms with Crippen LogP contribution in [0.25, 0.3) is 11.6 Å². The molecule has 128 valence electrons. The highest BCUT2D eigenvalue weighted by Gasteiger charge is 2.19. The van der Waals surface area contributed by atoms with Crippen LogP contribution in [-0.4, -0.2) is 10.2 Å². The van der Waals surface area contributed by atoms with E-state index in [0.29, 0.717) is 5.69 Å². The number of benzene rings is 1. The highest BCUT2D eigenvalue weighted by Crippen LogP contribution is 2.56. The number of carbonyl (C=O) groups excluding carboxylic acids is 1. The number of carbonyl (C=O) groups is 1. The van der Waals surface area contributed by atoms with E-state index in [0.717, 1.165) is 33.6 Å². The first-order chi connectivity index (χ1) is 11.1. The topological polar surface area (TPSA) is 59.1 Å². The minimum Gasteiger partial charge on any atom is -0.288 e. The summed E-state index contributed by atoms with van der Waals surface area (Å²) in [6, 6.07) is 4.06. The van der Waals surface area contributed by atoms with Crippen molar-refractivity contribution in [3.05, 3.63) is 45.5 Å². The average Bonchev–Trinajstić information content (AvgIpc) is 2.82. The van der Waals surface area contributed by atoms with Gasteiger partial charge in [0.1, 0.15) is 0 Å². The van der Waals surface area contributed by atoms with E-state index in [2.05, 4.69) is 10.1 Å². The maximum absolute atomic E-state index is 11.9. The quantitative estimate of drug-likeness (QED) is 0.345. The molecular formula is C15H14Cl3N2O2PS. The lowest BCUT2D eigenvalue weighted by molar-refractivity contribution is -0.106. The number of allylic oxidation sites excluding steroid dienone is 1. The number of hydrogen-bond acceptors (Lipinski definition) is 4. The Balaban J connectivity index is 2.48. The molecule has 2 rings (SSSR count). The summed E-state index contributed by atoms with van der Waals surface area (Å²) in [5.41, 5.74) is 4.72. The van der Waals surface area contributed by atoms with E-state index in [-0.39, 0.29) is 10.7 Å². The molecule has 1 aromatic carbocycles. The van der Waals surface area contributed by atoms with E-state index in [1.54, 1.807) is 11.5 Å². The molecule has 0 amide bonds. The number of halogens is 3. The van der Waals surface area contributed by atoms with E-state index in [4.69, 9.17) is 34.1 Å². The summed E-state index contributed by atoms with van der Waals surface area (Å²) < 4.78 is 11.4. The normalized spacial score (nSPS) is 12.3. The van der Waals surface area contributed by atoms with Gasteiger partial charge in [-0.25, -0.2) is 4.98 Å². The zero-order chi connectivity index (χ0) is 18.1. The van der Waals surface area contributed by atoms with Gasteiger partial charge in [0.15, 0.2) is 5.13 Å². The second-order valence-corrected chi connectivity index (χ2v) is 11.0. The molecule has 0 saturated heterocycles. The number of aryl methyl sites for hydroxylation is 3.